The maximum atomic E-state index is 13.0. The fourth-order valence-corrected chi connectivity index (χ4v) is 4.01. The molecular weight excluding hydrogens is 484 g/mol. The fraction of sp³-hybridized carbons (Fsp3) is 0.0556. The highest BCUT2D eigenvalue weighted by Crippen LogP contribution is 2.33. The van der Waals surface area contributed by atoms with Gasteiger partial charge in [0.15, 0.2) is 0 Å². The molecule has 0 fully saturated rings. The van der Waals surface area contributed by atoms with E-state index in [0.29, 0.717) is 12.1 Å². The van der Waals surface area contributed by atoms with E-state index in [0.717, 1.165) is 8.95 Å². The van der Waals surface area contributed by atoms with Crippen LogP contribution in [0.5, 0.6) is 0 Å². The third-order valence-electron chi connectivity index (χ3n) is 3.47. The molecule has 3 rings (SSSR count). The quantitative estimate of drug-likeness (QED) is 0.468. The minimum Gasteiger partial charge on any atom is -0.419 e. The number of rotatable bonds is 6. The number of hydrogen-bond acceptors (Lipinski definition) is 5. The zero-order chi connectivity index (χ0) is 18.7. The van der Waals surface area contributed by atoms with E-state index < -0.39 is 9.84 Å². The lowest BCUT2D eigenvalue weighted by atomic mass is 10.2. The van der Waals surface area contributed by atoms with Crippen LogP contribution in [0.3, 0.4) is 0 Å². The lowest BCUT2D eigenvalue weighted by molar-refractivity contribution is 0.579. The first-order valence-corrected chi connectivity index (χ1v) is 10.6. The summed E-state index contributed by atoms with van der Waals surface area (Å²) in [6.45, 7) is 3.97. The van der Waals surface area contributed by atoms with Crippen molar-refractivity contribution in [3.05, 3.63) is 70.1 Å². The number of anilines is 1. The summed E-state index contributed by atoms with van der Waals surface area (Å²) >= 11 is 6.67. The molecule has 5 nitrogen and oxygen atoms in total. The van der Waals surface area contributed by atoms with Gasteiger partial charge >= 0.3 is 0 Å². The van der Waals surface area contributed by atoms with Gasteiger partial charge in [-0.1, -0.05) is 37.9 Å². The molecule has 2 aromatic carbocycles. The molecule has 0 radical (unpaired) electrons. The maximum absolute atomic E-state index is 13.0. The molecular formula is C18H14Br2N2O3S. The Hall–Kier alpha value is -1.90. The number of nitrogens with zero attached hydrogens (tertiary/aromatic N) is 1. The number of aromatic nitrogens is 1. The molecule has 0 saturated carbocycles. The third kappa shape index (κ3) is 3.92. The summed E-state index contributed by atoms with van der Waals surface area (Å²) < 4.78 is 33.4. The van der Waals surface area contributed by atoms with E-state index in [1.807, 2.05) is 12.1 Å². The van der Waals surface area contributed by atoms with Crippen LogP contribution in [0.1, 0.15) is 0 Å². The minimum absolute atomic E-state index is 0.0886. The Kier molecular flexibility index (Phi) is 5.64. The molecule has 3 aromatic rings. The van der Waals surface area contributed by atoms with Gasteiger partial charge in [-0.05, 0) is 48.5 Å². The first kappa shape index (κ1) is 18.9. The van der Waals surface area contributed by atoms with Crippen molar-refractivity contribution in [1.82, 2.24) is 4.98 Å². The van der Waals surface area contributed by atoms with Crippen molar-refractivity contribution in [3.63, 3.8) is 0 Å². The fourth-order valence-electron chi connectivity index (χ4n) is 2.21. The zero-order valence-electron chi connectivity index (χ0n) is 13.4. The summed E-state index contributed by atoms with van der Waals surface area (Å²) in [5.41, 5.74) is 0.673. The SMILES string of the molecule is C=CCNc1oc(-c2ccc(Br)cc2)nc1S(=O)(=O)c1ccc(Br)cc1. The summed E-state index contributed by atoms with van der Waals surface area (Å²) in [4.78, 5) is 4.39. The Bertz CT molecular complexity index is 1030. The van der Waals surface area contributed by atoms with Crippen molar-refractivity contribution >= 4 is 47.6 Å². The predicted octanol–water partition coefficient (Wildman–Crippen LogP) is 5.30. The van der Waals surface area contributed by atoms with Crippen LogP contribution >= 0.6 is 31.9 Å². The van der Waals surface area contributed by atoms with E-state index in [2.05, 4.69) is 48.7 Å². The van der Waals surface area contributed by atoms with Crippen LogP contribution in [0, 0.1) is 0 Å². The Morgan fingerprint density at radius 1 is 1.04 bits per heavy atom. The van der Waals surface area contributed by atoms with Gasteiger partial charge in [-0.3, -0.25) is 0 Å². The molecule has 0 unspecified atom stereocenters. The number of halogens is 2. The second kappa shape index (κ2) is 7.77. The van der Waals surface area contributed by atoms with Gasteiger partial charge in [-0.2, -0.15) is 4.98 Å². The van der Waals surface area contributed by atoms with Gasteiger partial charge in [-0.15, -0.1) is 6.58 Å². The zero-order valence-corrected chi connectivity index (χ0v) is 17.4. The highest BCUT2D eigenvalue weighted by molar-refractivity contribution is 9.10. The molecule has 0 aliphatic heterocycles. The van der Waals surface area contributed by atoms with Crippen LogP contribution in [0.15, 0.2) is 84.5 Å². The van der Waals surface area contributed by atoms with Gasteiger partial charge in [0.05, 0.1) is 4.90 Å². The average Bonchev–Trinajstić information content (AvgIpc) is 3.06. The molecule has 1 N–H and O–H groups in total. The maximum Gasteiger partial charge on any atom is 0.234 e. The predicted molar refractivity (Wildman–Crippen MR) is 108 cm³/mol. The van der Waals surface area contributed by atoms with Crippen molar-refractivity contribution in [1.29, 1.82) is 0 Å². The average molecular weight is 498 g/mol. The van der Waals surface area contributed by atoms with Crippen LogP contribution in [0.4, 0.5) is 5.88 Å². The highest BCUT2D eigenvalue weighted by Gasteiger charge is 2.28. The summed E-state index contributed by atoms with van der Waals surface area (Å²) in [5, 5.41) is 2.75. The van der Waals surface area contributed by atoms with E-state index in [4.69, 9.17) is 4.42 Å². The van der Waals surface area contributed by atoms with Gasteiger partial charge in [0.25, 0.3) is 0 Å². The van der Waals surface area contributed by atoms with E-state index in [-0.39, 0.29) is 21.7 Å². The van der Waals surface area contributed by atoms with Crippen LogP contribution in [0.25, 0.3) is 11.5 Å². The van der Waals surface area contributed by atoms with Crippen molar-refractivity contribution in [2.24, 2.45) is 0 Å². The highest BCUT2D eigenvalue weighted by atomic mass is 79.9. The summed E-state index contributed by atoms with van der Waals surface area (Å²) in [5.74, 6) is 0.311. The van der Waals surface area contributed by atoms with Gasteiger partial charge in [-0.25, -0.2) is 8.42 Å². The molecule has 1 heterocycles. The Balaban J connectivity index is 2.10. The molecule has 0 spiro atoms. The summed E-state index contributed by atoms with van der Waals surface area (Å²) in [6.07, 6.45) is 1.61. The molecule has 0 bridgehead atoms. The van der Waals surface area contributed by atoms with Crippen molar-refractivity contribution in [2.75, 3.05) is 11.9 Å². The lowest BCUT2D eigenvalue weighted by Gasteiger charge is -2.04. The monoisotopic (exact) mass is 496 g/mol. The largest absolute Gasteiger partial charge is 0.419 e. The molecule has 0 saturated heterocycles. The number of hydrogen-bond donors (Lipinski definition) is 1. The molecule has 1 aromatic heterocycles. The van der Waals surface area contributed by atoms with Gasteiger partial charge in [0, 0.05) is 21.1 Å². The Morgan fingerprint density at radius 2 is 1.62 bits per heavy atom. The second-order valence-electron chi connectivity index (χ2n) is 5.29. The summed E-state index contributed by atoms with van der Waals surface area (Å²) in [7, 11) is -3.84. The molecule has 0 aliphatic carbocycles. The van der Waals surface area contributed by atoms with Gasteiger partial charge in [0.1, 0.15) is 0 Å². The van der Waals surface area contributed by atoms with Gasteiger partial charge in [0.2, 0.25) is 26.6 Å². The molecule has 26 heavy (non-hydrogen) atoms. The molecule has 134 valence electrons. The second-order valence-corrected chi connectivity index (χ2v) is 8.98. The minimum atomic E-state index is -3.84. The Morgan fingerprint density at radius 3 is 2.19 bits per heavy atom. The lowest BCUT2D eigenvalue weighted by Crippen LogP contribution is -2.07. The van der Waals surface area contributed by atoms with E-state index in [1.54, 1.807) is 30.3 Å². The van der Waals surface area contributed by atoms with E-state index >= 15 is 0 Å². The van der Waals surface area contributed by atoms with Crippen LogP contribution in [-0.2, 0) is 9.84 Å². The summed E-state index contributed by atoms with van der Waals surface area (Å²) in [6, 6.07) is 13.6. The molecule has 0 atom stereocenters. The van der Waals surface area contributed by atoms with Crippen LogP contribution in [0.2, 0.25) is 0 Å². The van der Waals surface area contributed by atoms with E-state index in [9.17, 15) is 8.42 Å². The number of sulfone groups is 1. The third-order valence-corrected chi connectivity index (χ3v) is 6.21. The van der Waals surface area contributed by atoms with Crippen molar-refractivity contribution in [2.45, 2.75) is 9.92 Å². The topological polar surface area (TPSA) is 72.2 Å². The molecule has 0 amide bonds. The smallest absolute Gasteiger partial charge is 0.234 e. The normalized spacial score (nSPS) is 11.3. The molecule has 0 aliphatic rings. The first-order valence-electron chi connectivity index (χ1n) is 7.54. The van der Waals surface area contributed by atoms with Crippen LogP contribution in [-0.4, -0.2) is 19.9 Å². The van der Waals surface area contributed by atoms with E-state index in [1.165, 1.54) is 12.1 Å². The van der Waals surface area contributed by atoms with Crippen molar-refractivity contribution < 1.29 is 12.8 Å². The van der Waals surface area contributed by atoms with Crippen LogP contribution < -0.4 is 5.32 Å². The number of benzene rings is 2. The molecule has 8 heteroatoms. The van der Waals surface area contributed by atoms with Gasteiger partial charge < -0.3 is 9.73 Å². The number of oxazole rings is 1. The Labute approximate surface area is 168 Å². The number of nitrogens with one attached hydrogen (secondary N) is 1. The van der Waals surface area contributed by atoms with Crippen molar-refractivity contribution in [3.8, 4) is 11.5 Å². The standard InChI is InChI=1S/C18H14Br2N2O3S/c1-2-11-21-17-18(26(23,24)15-9-7-14(20)8-10-15)22-16(25-17)12-3-5-13(19)6-4-12/h2-10,21H,1,11H2. The first-order chi connectivity index (χ1) is 12.4.